The normalized spacial score (nSPS) is 23.2. The zero-order chi connectivity index (χ0) is 19.7. The highest BCUT2D eigenvalue weighted by Crippen LogP contribution is 2.38. The maximum atomic E-state index is 12.9. The third-order valence-corrected chi connectivity index (χ3v) is 5.15. The number of aromatic nitrogens is 1. The van der Waals surface area contributed by atoms with Crippen LogP contribution in [0.2, 0.25) is 0 Å². The highest BCUT2D eigenvalue weighted by molar-refractivity contribution is 5.89. The fourth-order valence-electron chi connectivity index (χ4n) is 4.16. The van der Waals surface area contributed by atoms with Gasteiger partial charge in [0.15, 0.2) is 0 Å². The average molecular weight is 370 g/mol. The van der Waals surface area contributed by atoms with E-state index in [1.165, 1.54) is 0 Å². The van der Waals surface area contributed by atoms with Crippen LogP contribution in [0.4, 0.5) is 0 Å². The van der Waals surface area contributed by atoms with E-state index in [1.54, 1.807) is 13.3 Å². The van der Waals surface area contributed by atoms with Crippen molar-refractivity contribution in [2.45, 2.75) is 46.1 Å². The number of fused-ring (bicyclic) bond motifs is 1. The molecule has 0 aliphatic carbocycles. The van der Waals surface area contributed by atoms with Crippen LogP contribution in [0.3, 0.4) is 0 Å². The van der Waals surface area contributed by atoms with Crippen LogP contribution in [-0.4, -0.2) is 31.1 Å². The summed E-state index contributed by atoms with van der Waals surface area (Å²) in [6.45, 7) is 10.2. The Bertz CT molecular complexity index is 828. The lowest BCUT2D eigenvalue weighted by atomic mass is 9.77. The topological polar surface area (TPSA) is 63.2 Å². The molecule has 1 fully saturated rings. The van der Waals surface area contributed by atoms with Crippen molar-refractivity contribution in [3.05, 3.63) is 36.0 Å². The highest BCUT2D eigenvalue weighted by Gasteiger charge is 2.40. The fourth-order valence-corrected chi connectivity index (χ4v) is 4.16. The number of hydrogen-bond donors (Lipinski definition) is 2. The molecule has 1 aliphatic rings. The second kappa shape index (κ2) is 7.47. The molecule has 0 saturated carbocycles. The molecule has 27 heavy (non-hydrogen) atoms. The predicted octanol–water partition coefficient (Wildman–Crippen LogP) is 3.62. The summed E-state index contributed by atoms with van der Waals surface area (Å²) < 4.78 is 5.51. The van der Waals surface area contributed by atoms with Gasteiger partial charge in [0, 0.05) is 24.5 Å². The van der Waals surface area contributed by atoms with Crippen LogP contribution in [0.5, 0.6) is 5.75 Å². The van der Waals surface area contributed by atoms with Gasteiger partial charge in [-0.1, -0.05) is 39.8 Å². The number of carbonyl (C=O) groups is 1. The molecular weight excluding hydrogens is 338 g/mol. The molecule has 146 valence electrons. The number of nitrogens with zero attached hydrogens (tertiary/aromatic N) is 1. The van der Waals surface area contributed by atoms with E-state index in [-0.39, 0.29) is 11.3 Å². The lowest BCUT2D eigenvalue weighted by Crippen LogP contribution is -2.57. The molecule has 1 aromatic carbocycles. The van der Waals surface area contributed by atoms with Crippen molar-refractivity contribution in [3.8, 4) is 5.75 Å². The van der Waals surface area contributed by atoms with E-state index in [0.29, 0.717) is 18.9 Å². The third kappa shape index (κ3) is 4.24. The van der Waals surface area contributed by atoms with Gasteiger partial charge in [0.2, 0.25) is 5.91 Å². The van der Waals surface area contributed by atoms with Crippen molar-refractivity contribution in [3.63, 3.8) is 0 Å². The highest BCUT2D eigenvalue weighted by atomic mass is 16.5. The van der Waals surface area contributed by atoms with Gasteiger partial charge in [-0.2, -0.15) is 0 Å². The molecule has 0 radical (unpaired) electrons. The average Bonchev–Trinajstić information content (AvgIpc) is 2.59. The second-order valence-electron chi connectivity index (χ2n) is 9.02. The van der Waals surface area contributed by atoms with Crippen molar-refractivity contribution in [2.24, 2.45) is 11.3 Å². The van der Waals surface area contributed by atoms with Crippen molar-refractivity contribution in [1.29, 1.82) is 0 Å². The minimum absolute atomic E-state index is 0.0531. The molecule has 0 unspecified atom stereocenters. The van der Waals surface area contributed by atoms with E-state index in [2.05, 4.69) is 55.4 Å². The van der Waals surface area contributed by atoms with Crippen LogP contribution in [0.25, 0.3) is 10.9 Å². The lowest BCUT2D eigenvalue weighted by molar-refractivity contribution is -0.125. The maximum Gasteiger partial charge on any atom is 0.221 e. The number of benzene rings is 1. The Morgan fingerprint density at radius 2 is 2.15 bits per heavy atom. The largest absolute Gasteiger partial charge is 0.494 e. The molecule has 2 N–H and O–H groups in total. The van der Waals surface area contributed by atoms with E-state index < -0.39 is 5.54 Å². The van der Waals surface area contributed by atoms with Crippen LogP contribution < -0.4 is 15.4 Å². The quantitative estimate of drug-likeness (QED) is 0.864. The van der Waals surface area contributed by atoms with Crippen molar-refractivity contribution >= 4 is 16.8 Å². The van der Waals surface area contributed by atoms with Gasteiger partial charge in [-0.05, 0) is 42.0 Å². The van der Waals surface area contributed by atoms with Gasteiger partial charge in [-0.15, -0.1) is 0 Å². The van der Waals surface area contributed by atoms with Gasteiger partial charge < -0.3 is 15.4 Å². The Hall–Kier alpha value is -2.14. The molecule has 5 heteroatoms. The van der Waals surface area contributed by atoms with Gasteiger partial charge in [0.1, 0.15) is 11.3 Å². The van der Waals surface area contributed by atoms with E-state index in [4.69, 9.17) is 4.74 Å². The summed E-state index contributed by atoms with van der Waals surface area (Å²) in [5.41, 5.74) is 1.43. The van der Waals surface area contributed by atoms with Crippen molar-refractivity contribution in [1.82, 2.24) is 15.6 Å². The molecule has 0 spiro atoms. The molecule has 1 amide bonds. The number of amides is 1. The molecule has 5 nitrogen and oxygen atoms in total. The number of hydrogen-bond acceptors (Lipinski definition) is 4. The van der Waals surface area contributed by atoms with Gasteiger partial charge in [-0.25, -0.2) is 0 Å². The van der Waals surface area contributed by atoms with Crippen LogP contribution in [0, 0.1) is 11.3 Å². The van der Waals surface area contributed by atoms with Gasteiger partial charge >= 0.3 is 0 Å². The Labute approximate surface area is 161 Å². The van der Waals surface area contributed by atoms with E-state index in [1.807, 2.05) is 12.1 Å². The van der Waals surface area contributed by atoms with Gasteiger partial charge in [0.05, 0.1) is 12.6 Å². The summed E-state index contributed by atoms with van der Waals surface area (Å²) in [6.07, 6.45) is 3.17. The summed E-state index contributed by atoms with van der Waals surface area (Å²) >= 11 is 0. The molecule has 3 rings (SSSR count). The lowest BCUT2D eigenvalue weighted by Gasteiger charge is -2.42. The Morgan fingerprint density at radius 1 is 1.37 bits per heavy atom. The summed E-state index contributed by atoms with van der Waals surface area (Å²) in [4.78, 5) is 17.4. The monoisotopic (exact) mass is 369 g/mol. The number of methoxy groups -OCH3 is 1. The first-order valence-electron chi connectivity index (χ1n) is 9.68. The van der Waals surface area contributed by atoms with Crippen LogP contribution in [0.1, 0.15) is 46.1 Å². The first-order valence-corrected chi connectivity index (χ1v) is 9.68. The molecule has 1 aliphatic heterocycles. The first-order chi connectivity index (χ1) is 12.7. The molecule has 0 bridgehead atoms. The predicted molar refractivity (Wildman–Crippen MR) is 109 cm³/mol. The minimum atomic E-state index is -0.451. The Balaban J connectivity index is 2.09. The minimum Gasteiger partial charge on any atom is -0.494 e. The SMILES string of the molecule is COc1ccc([C@@]2(NC(=O)CC(C)(C)C)CNC[C@@H](C)C2)c2cccnc12. The number of pyridine rings is 1. The molecule has 1 aromatic heterocycles. The molecule has 2 atom stereocenters. The Kier molecular flexibility index (Phi) is 5.43. The maximum absolute atomic E-state index is 12.9. The van der Waals surface area contributed by atoms with Gasteiger partial charge in [0.25, 0.3) is 0 Å². The summed E-state index contributed by atoms with van der Waals surface area (Å²) in [5, 5.41) is 7.95. The number of ether oxygens (including phenoxy) is 1. The van der Waals surface area contributed by atoms with Crippen LogP contribution in [-0.2, 0) is 10.3 Å². The molecule has 2 aromatic rings. The second-order valence-corrected chi connectivity index (χ2v) is 9.02. The van der Waals surface area contributed by atoms with Gasteiger partial charge in [-0.3, -0.25) is 9.78 Å². The van der Waals surface area contributed by atoms with E-state index >= 15 is 0 Å². The Morgan fingerprint density at radius 3 is 2.81 bits per heavy atom. The molecular formula is C22H31N3O2. The van der Waals surface area contributed by atoms with E-state index in [9.17, 15) is 4.79 Å². The van der Waals surface area contributed by atoms with Crippen molar-refractivity contribution < 1.29 is 9.53 Å². The van der Waals surface area contributed by atoms with Crippen molar-refractivity contribution in [2.75, 3.05) is 20.2 Å². The van der Waals surface area contributed by atoms with Crippen LogP contribution >= 0.6 is 0 Å². The van der Waals surface area contributed by atoms with E-state index in [0.717, 1.165) is 35.2 Å². The number of rotatable bonds is 4. The number of carbonyl (C=O) groups excluding carboxylic acids is 1. The first kappa shape index (κ1) is 19.6. The summed E-state index contributed by atoms with van der Waals surface area (Å²) in [7, 11) is 1.66. The number of piperidine rings is 1. The fraction of sp³-hybridized carbons (Fsp3) is 0.545. The van der Waals surface area contributed by atoms with Crippen LogP contribution in [0.15, 0.2) is 30.5 Å². The zero-order valence-corrected chi connectivity index (χ0v) is 17.1. The smallest absolute Gasteiger partial charge is 0.221 e. The summed E-state index contributed by atoms with van der Waals surface area (Å²) in [6, 6.07) is 8.05. The standard InChI is InChI=1S/C22H31N3O2/c1-15-11-22(14-23-13-15,25-19(26)12-21(2,3)4)17-8-9-18(27-5)20-16(17)7-6-10-24-20/h6-10,15,23H,11-14H2,1-5H3,(H,25,26)/t15-,22-/m0/s1. The number of nitrogens with one attached hydrogen (secondary N) is 2. The molecule has 2 heterocycles. The molecule has 1 saturated heterocycles. The zero-order valence-electron chi connectivity index (χ0n) is 17.1. The third-order valence-electron chi connectivity index (χ3n) is 5.15. The summed E-state index contributed by atoms with van der Waals surface area (Å²) in [5.74, 6) is 1.30.